The Morgan fingerprint density at radius 1 is 1.24 bits per heavy atom. The summed E-state index contributed by atoms with van der Waals surface area (Å²) < 4.78 is 0.770. The molecule has 2 aromatic rings. The van der Waals surface area contributed by atoms with E-state index in [0.29, 0.717) is 5.69 Å². The van der Waals surface area contributed by atoms with Crippen molar-refractivity contribution in [3.05, 3.63) is 52.8 Å². The number of aromatic amines is 1. The van der Waals surface area contributed by atoms with E-state index < -0.39 is 5.91 Å². The van der Waals surface area contributed by atoms with Gasteiger partial charge in [-0.2, -0.15) is 0 Å². The molecule has 1 aromatic heterocycles. The third-order valence-corrected chi connectivity index (χ3v) is 4.19. The molecule has 7 heteroatoms. The smallest absolute Gasteiger partial charge is 0.286 e. The van der Waals surface area contributed by atoms with Gasteiger partial charge in [-0.3, -0.25) is 20.4 Å². The summed E-state index contributed by atoms with van der Waals surface area (Å²) in [5, 5.41) is -0.317. The van der Waals surface area contributed by atoms with E-state index in [1.54, 1.807) is 19.2 Å². The first-order chi connectivity index (χ1) is 10.1. The summed E-state index contributed by atoms with van der Waals surface area (Å²) in [7, 11) is 0. The summed E-state index contributed by atoms with van der Waals surface area (Å²) in [5.74, 6) is -0.659. The van der Waals surface area contributed by atoms with Gasteiger partial charge in [-0.25, -0.2) is 0 Å². The fourth-order valence-electron chi connectivity index (χ4n) is 1.54. The Kier molecular flexibility index (Phi) is 5.46. The van der Waals surface area contributed by atoms with Crippen LogP contribution in [0.15, 0.2) is 52.0 Å². The molecule has 1 unspecified atom stereocenters. The maximum atomic E-state index is 11.9. The molecule has 21 heavy (non-hydrogen) atoms. The Bertz CT molecular complexity index is 630. The van der Waals surface area contributed by atoms with Gasteiger partial charge in [-0.1, -0.05) is 18.2 Å². The topological polar surface area (TPSA) is 74.0 Å². The van der Waals surface area contributed by atoms with E-state index in [4.69, 9.17) is 0 Å². The average Bonchev–Trinajstić information content (AvgIpc) is 2.92. The highest BCUT2D eigenvalue weighted by atomic mass is 79.9. The molecule has 1 aromatic carbocycles. The van der Waals surface area contributed by atoms with Gasteiger partial charge in [0.05, 0.1) is 5.25 Å². The number of nitrogens with one attached hydrogen (secondary N) is 3. The minimum absolute atomic E-state index is 0.261. The van der Waals surface area contributed by atoms with E-state index in [9.17, 15) is 9.59 Å². The van der Waals surface area contributed by atoms with Crippen molar-refractivity contribution < 1.29 is 9.59 Å². The molecule has 0 fully saturated rings. The lowest BCUT2D eigenvalue weighted by Gasteiger charge is -2.12. The maximum Gasteiger partial charge on any atom is 0.286 e. The van der Waals surface area contributed by atoms with Crippen molar-refractivity contribution in [3.8, 4) is 0 Å². The number of carbonyl (C=O) groups excluding carboxylic acids is 2. The van der Waals surface area contributed by atoms with E-state index in [1.807, 2.05) is 30.3 Å². The first-order valence-corrected chi connectivity index (χ1v) is 7.89. The fourth-order valence-corrected chi connectivity index (χ4v) is 2.77. The van der Waals surface area contributed by atoms with E-state index in [-0.39, 0.29) is 11.2 Å². The van der Waals surface area contributed by atoms with Gasteiger partial charge in [0.1, 0.15) is 5.69 Å². The highest BCUT2D eigenvalue weighted by Crippen LogP contribution is 2.22. The minimum atomic E-state index is -0.397. The maximum absolute atomic E-state index is 11.9. The van der Waals surface area contributed by atoms with Crippen molar-refractivity contribution in [2.45, 2.75) is 17.1 Å². The molecule has 0 aliphatic heterocycles. The zero-order chi connectivity index (χ0) is 15.2. The molecule has 5 nitrogen and oxygen atoms in total. The van der Waals surface area contributed by atoms with Crippen LogP contribution in [-0.4, -0.2) is 22.0 Å². The number of carbonyl (C=O) groups is 2. The number of hydrogen-bond donors (Lipinski definition) is 3. The molecule has 0 aliphatic rings. The zero-order valence-corrected chi connectivity index (χ0v) is 13.6. The SMILES string of the molecule is CC(Sc1ccccc1)C(=O)NNC(=O)c1cc(Br)c[nH]1. The Labute approximate surface area is 135 Å². The van der Waals surface area contributed by atoms with Gasteiger partial charge in [-0.05, 0) is 41.1 Å². The molecule has 0 spiro atoms. The second kappa shape index (κ2) is 7.33. The van der Waals surface area contributed by atoms with Crippen LogP contribution in [-0.2, 0) is 4.79 Å². The second-order valence-electron chi connectivity index (χ2n) is 4.25. The fraction of sp³-hybridized carbons (Fsp3) is 0.143. The number of thioether (sulfide) groups is 1. The van der Waals surface area contributed by atoms with Gasteiger partial charge in [-0.15, -0.1) is 11.8 Å². The van der Waals surface area contributed by atoms with Crippen LogP contribution >= 0.6 is 27.7 Å². The van der Waals surface area contributed by atoms with Crippen molar-refractivity contribution in [3.63, 3.8) is 0 Å². The number of hydrogen-bond acceptors (Lipinski definition) is 3. The Balaban J connectivity index is 1.82. The molecule has 0 aliphatic carbocycles. The Hall–Kier alpha value is -1.73. The normalized spacial score (nSPS) is 11.7. The van der Waals surface area contributed by atoms with Crippen LogP contribution in [0, 0.1) is 0 Å². The first-order valence-electron chi connectivity index (χ1n) is 6.22. The van der Waals surface area contributed by atoms with Crippen LogP contribution in [0.1, 0.15) is 17.4 Å². The molecule has 2 rings (SSSR count). The predicted octanol–water partition coefficient (Wildman–Crippen LogP) is 2.72. The van der Waals surface area contributed by atoms with Gasteiger partial charge in [0, 0.05) is 15.6 Å². The highest BCUT2D eigenvalue weighted by Gasteiger charge is 2.15. The molecule has 1 atom stereocenters. The van der Waals surface area contributed by atoms with E-state index in [1.165, 1.54) is 11.8 Å². The number of H-pyrrole nitrogens is 1. The number of rotatable bonds is 4. The summed E-state index contributed by atoms with van der Waals surface area (Å²) in [6, 6.07) is 11.2. The quantitative estimate of drug-likeness (QED) is 0.574. The third-order valence-electron chi connectivity index (χ3n) is 2.62. The van der Waals surface area contributed by atoms with Crippen molar-refractivity contribution >= 4 is 39.5 Å². The van der Waals surface area contributed by atoms with Gasteiger partial charge >= 0.3 is 0 Å². The standard InChI is InChI=1S/C14H14BrN3O2S/c1-9(21-11-5-3-2-4-6-11)13(19)17-18-14(20)12-7-10(15)8-16-12/h2-9,16H,1H3,(H,17,19)(H,18,20). The molecule has 0 bridgehead atoms. The van der Waals surface area contributed by atoms with Gasteiger partial charge in [0.15, 0.2) is 0 Å². The lowest BCUT2D eigenvalue weighted by Crippen LogP contribution is -2.45. The highest BCUT2D eigenvalue weighted by molar-refractivity contribution is 9.10. The summed E-state index contributed by atoms with van der Waals surface area (Å²) in [4.78, 5) is 27.5. The van der Waals surface area contributed by atoms with E-state index in [2.05, 4.69) is 31.8 Å². The van der Waals surface area contributed by atoms with Crippen LogP contribution in [0.5, 0.6) is 0 Å². The Morgan fingerprint density at radius 3 is 2.57 bits per heavy atom. The second-order valence-corrected chi connectivity index (χ2v) is 6.58. The average molecular weight is 368 g/mol. The number of hydrazine groups is 1. The number of aromatic nitrogens is 1. The van der Waals surface area contributed by atoms with Crippen LogP contribution in [0.3, 0.4) is 0 Å². The predicted molar refractivity (Wildman–Crippen MR) is 85.9 cm³/mol. The lowest BCUT2D eigenvalue weighted by atomic mass is 10.4. The van der Waals surface area contributed by atoms with Crippen LogP contribution in [0.25, 0.3) is 0 Å². The molecule has 0 saturated heterocycles. The first kappa shape index (κ1) is 15.7. The largest absolute Gasteiger partial charge is 0.356 e. The molecular formula is C14H14BrN3O2S. The molecule has 3 N–H and O–H groups in total. The minimum Gasteiger partial charge on any atom is -0.356 e. The number of amides is 2. The summed E-state index contributed by atoms with van der Waals surface area (Å²) in [6.07, 6.45) is 1.64. The van der Waals surface area contributed by atoms with Crippen molar-refractivity contribution in [2.24, 2.45) is 0 Å². The molecular weight excluding hydrogens is 354 g/mol. The third kappa shape index (κ3) is 4.64. The zero-order valence-electron chi connectivity index (χ0n) is 11.2. The van der Waals surface area contributed by atoms with Crippen molar-refractivity contribution in [2.75, 3.05) is 0 Å². The van der Waals surface area contributed by atoms with E-state index in [0.717, 1.165) is 9.37 Å². The van der Waals surface area contributed by atoms with Crippen molar-refractivity contribution in [1.29, 1.82) is 0 Å². The monoisotopic (exact) mass is 367 g/mol. The summed E-state index contributed by atoms with van der Waals surface area (Å²) in [6.45, 7) is 1.78. The molecule has 110 valence electrons. The van der Waals surface area contributed by atoms with Gasteiger partial charge in [0.2, 0.25) is 0 Å². The summed E-state index contributed by atoms with van der Waals surface area (Å²) >= 11 is 4.66. The van der Waals surface area contributed by atoms with Gasteiger partial charge in [0.25, 0.3) is 11.8 Å². The Morgan fingerprint density at radius 2 is 1.95 bits per heavy atom. The summed E-state index contributed by atoms with van der Waals surface area (Å²) in [5.41, 5.74) is 5.16. The molecule has 0 saturated carbocycles. The van der Waals surface area contributed by atoms with E-state index >= 15 is 0 Å². The molecule has 0 radical (unpaired) electrons. The van der Waals surface area contributed by atoms with Crippen LogP contribution in [0.4, 0.5) is 0 Å². The van der Waals surface area contributed by atoms with Crippen molar-refractivity contribution in [1.82, 2.24) is 15.8 Å². The van der Waals surface area contributed by atoms with Gasteiger partial charge < -0.3 is 4.98 Å². The lowest BCUT2D eigenvalue weighted by molar-refractivity contribution is -0.121. The molecule has 1 heterocycles. The van der Waals surface area contributed by atoms with Crippen LogP contribution in [0.2, 0.25) is 0 Å². The number of halogens is 1. The molecule has 2 amide bonds. The van der Waals surface area contributed by atoms with Crippen LogP contribution < -0.4 is 10.9 Å². The number of benzene rings is 1.